The molecule has 0 aliphatic carbocycles. The van der Waals surface area contributed by atoms with E-state index in [-0.39, 0.29) is 5.97 Å². The van der Waals surface area contributed by atoms with Crippen molar-refractivity contribution >= 4 is 5.97 Å². The topological polar surface area (TPSA) is 29.5 Å². The van der Waals surface area contributed by atoms with E-state index in [1.54, 1.807) is 0 Å². The maximum Gasteiger partial charge on any atom is 0.305 e. The molecule has 0 spiro atoms. The Morgan fingerprint density at radius 1 is 0.657 bits per heavy atom. The van der Waals surface area contributed by atoms with Gasteiger partial charge in [0.25, 0.3) is 0 Å². The van der Waals surface area contributed by atoms with Gasteiger partial charge in [0.15, 0.2) is 0 Å². The Balaban J connectivity index is 3.40. The molecule has 0 aliphatic rings. The molecule has 0 saturated carbocycles. The molecule has 3 nitrogen and oxygen atoms in total. The molecule has 0 bridgehead atoms. The second-order valence-electron chi connectivity index (χ2n) is 11.0. The number of carbonyl (C=O) groups excluding carboxylic acids is 1. The van der Waals surface area contributed by atoms with E-state index in [2.05, 4.69) is 38.1 Å². The Hall–Kier alpha value is -0.830. The van der Waals surface area contributed by atoms with Gasteiger partial charge in [-0.15, -0.1) is 0 Å². The van der Waals surface area contributed by atoms with E-state index < -0.39 is 0 Å². The molecular weight excluding hydrogens is 430 g/mol. The summed E-state index contributed by atoms with van der Waals surface area (Å²) >= 11 is 0. The third kappa shape index (κ3) is 27.6. The lowest BCUT2D eigenvalue weighted by molar-refractivity contribution is -0.143. The third-order valence-electron chi connectivity index (χ3n) is 7.05. The summed E-state index contributed by atoms with van der Waals surface area (Å²) in [5, 5.41) is 0. The molecule has 35 heavy (non-hydrogen) atoms. The maximum atomic E-state index is 11.3. The SMILES string of the molecule is CCCCCCC(CCCCCCCCCC/C=C\CCCCCCCC(=O)OCC)CN(C)C. The van der Waals surface area contributed by atoms with Gasteiger partial charge in [0.2, 0.25) is 0 Å². The van der Waals surface area contributed by atoms with Crippen LogP contribution in [0.2, 0.25) is 0 Å². The highest BCUT2D eigenvalue weighted by Gasteiger charge is 2.09. The molecule has 0 aliphatic heterocycles. The van der Waals surface area contributed by atoms with Crippen molar-refractivity contribution < 1.29 is 9.53 Å². The number of ether oxygens (including phenoxy) is 1. The molecule has 0 N–H and O–H groups in total. The lowest BCUT2D eigenvalue weighted by atomic mass is 9.94. The van der Waals surface area contributed by atoms with Crippen LogP contribution in [0, 0.1) is 5.92 Å². The zero-order valence-corrected chi connectivity index (χ0v) is 24.5. The highest BCUT2D eigenvalue weighted by atomic mass is 16.5. The van der Waals surface area contributed by atoms with E-state index in [1.165, 1.54) is 129 Å². The number of rotatable bonds is 27. The van der Waals surface area contributed by atoms with Crippen molar-refractivity contribution in [2.24, 2.45) is 5.92 Å². The first-order valence-corrected chi connectivity index (χ1v) is 15.5. The summed E-state index contributed by atoms with van der Waals surface area (Å²) in [6.45, 7) is 5.95. The van der Waals surface area contributed by atoms with E-state index in [9.17, 15) is 4.79 Å². The summed E-state index contributed by atoms with van der Waals surface area (Å²) in [6, 6.07) is 0. The molecule has 0 aromatic heterocycles. The number of esters is 1. The van der Waals surface area contributed by atoms with Gasteiger partial charge in [0.1, 0.15) is 0 Å². The van der Waals surface area contributed by atoms with Crippen LogP contribution in [0.3, 0.4) is 0 Å². The molecule has 0 aromatic carbocycles. The van der Waals surface area contributed by atoms with Gasteiger partial charge >= 0.3 is 5.97 Å². The van der Waals surface area contributed by atoms with Crippen LogP contribution in [0.25, 0.3) is 0 Å². The Labute approximate surface area is 220 Å². The van der Waals surface area contributed by atoms with E-state index in [4.69, 9.17) is 4.74 Å². The molecule has 0 rings (SSSR count). The number of allylic oxidation sites excluding steroid dienone is 2. The quantitative estimate of drug-likeness (QED) is 0.0647. The zero-order valence-electron chi connectivity index (χ0n) is 24.5. The first-order chi connectivity index (χ1) is 17.1. The van der Waals surface area contributed by atoms with Crippen molar-refractivity contribution in [2.75, 3.05) is 27.2 Å². The van der Waals surface area contributed by atoms with Gasteiger partial charge in [0.05, 0.1) is 6.61 Å². The predicted molar refractivity (Wildman–Crippen MR) is 155 cm³/mol. The Bertz CT molecular complexity index is 460. The lowest BCUT2D eigenvalue weighted by Crippen LogP contribution is -2.21. The minimum atomic E-state index is -0.0388. The summed E-state index contributed by atoms with van der Waals surface area (Å²) in [7, 11) is 4.46. The second kappa shape index (κ2) is 27.8. The number of hydrogen-bond donors (Lipinski definition) is 0. The molecule has 0 amide bonds. The van der Waals surface area contributed by atoms with E-state index in [0.29, 0.717) is 13.0 Å². The fraction of sp³-hybridized carbons (Fsp3) is 0.906. The predicted octanol–water partition coefficient (Wildman–Crippen LogP) is 9.89. The van der Waals surface area contributed by atoms with Crippen molar-refractivity contribution in [2.45, 2.75) is 155 Å². The molecule has 1 atom stereocenters. The molecule has 0 radical (unpaired) electrons. The number of unbranched alkanes of at least 4 members (excludes halogenated alkanes) is 16. The average Bonchev–Trinajstić information content (AvgIpc) is 2.82. The number of carbonyl (C=O) groups is 1. The van der Waals surface area contributed by atoms with Gasteiger partial charge in [0, 0.05) is 13.0 Å². The zero-order chi connectivity index (χ0) is 25.8. The lowest BCUT2D eigenvalue weighted by Gasteiger charge is -2.21. The fourth-order valence-corrected chi connectivity index (χ4v) is 4.99. The smallest absolute Gasteiger partial charge is 0.305 e. The fourth-order valence-electron chi connectivity index (χ4n) is 4.99. The van der Waals surface area contributed by atoms with Gasteiger partial charge in [-0.1, -0.05) is 109 Å². The third-order valence-corrected chi connectivity index (χ3v) is 7.05. The summed E-state index contributed by atoms with van der Waals surface area (Å²) in [6.07, 6.45) is 33.6. The molecular formula is C32H63NO2. The van der Waals surface area contributed by atoms with E-state index in [0.717, 1.165) is 18.8 Å². The van der Waals surface area contributed by atoms with Crippen LogP contribution in [0.15, 0.2) is 12.2 Å². The summed E-state index contributed by atoms with van der Waals surface area (Å²) in [5.74, 6) is 0.876. The summed E-state index contributed by atoms with van der Waals surface area (Å²) in [5.41, 5.74) is 0. The molecule has 0 saturated heterocycles. The molecule has 0 heterocycles. The molecule has 3 heteroatoms. The Morgan fingerprint density at radius 3 is 1.60 bits per heavy atom. The molecule has 0 fully saturated rings. The highest BCUT2D eigenvalue weighted by Crippen LogP contribution is 2.20. The maximum absolute atomic E-state index is 11.3. The monoisotopic (exact) mass is 493 g/mol. The first-order valence-electron chi connectivity index (χ1n) is 15.5. The average molecular weight is 494 g/mol. The van der Waals surface area contributed by atoms with Crippen LogP contribution in [0.1, 0.15) is 155 Å². The van der Waals surface area contributed by atoms with Crippen LogP contribution in [-0.2, 0) is 9.53 Å². The summed E-state index contributed by atoms with van der Waals surface area (Å²) < 4.78 is 4.96. The number of hydrogen-bond acceptors (Lipinski definition) is 3. The van der Waals surface area contributed by atoms with Crippen molar-refractivity contribution in [3.63, 3.8) is 0 Å². The van der Waals surface area contributed by atoms with Crippen molar-refractivity contribution in [3.05, 3.63) is 12.2 Å². The van der Waals surface area contributed by atoms with Crippen molar-refractivity contribution in [3.8, 4) is 0 Å². The normalized spacial score (nSPS) is 12.6. The van der Waals surface area contributed by atoms with Crippen molar-refractivity contribution in [1.82, 2.24) is 4.90 Å². The van der Waals surface area contributed by atoms with Crippen LogP contribution in [0.5, 0.6) is 0 Å². The van der Waals surface area contributed by atoms with Crippen LogP contribution in [0.4, 0.5) is 0 Å². The van der Waals surface area contributed by atoms with Crippen LogP contribution >= 0.6 is 0 Å². The van der Waals surface area contributed by atoms with Gasteiger partial charge in [-0.25, -0.2) is 0 Å². The van der Waals surface area contributed by atoms with Gasteiger partial charge in [-0.2, -0.15) is 0 Å². The summed E-state index contributed by atoms with van der Waals surface area (Å²) in [4.78, 5) is 13.7. The van der Waals surface area contributed by atoms with Gasteiger partial charge in [-0.3, -0.25) is 4.79 Å². The number of nitrogens with zero attached hydrogens (tertiary/aromatic N) is 1. The van der Waals surface area contributed by atoms with E-state index >= 15 is 0 Å². The molecule has 208 valence electrons. The Morgan fingerprint density at radius 2 is 1.11 bits per heavy atom. The molecule has 0 aromatic rings. The van der Waals surface area contributed by atoms with E-state index in [1.807, 2.05) is 6.92 Å². The largest absolute Gasteiger partial charge is 0.466 e. The van der Waals surface area contributed by atoms with Gasteiger partial charge < -0.3 is 9.64 Å². The first kappa shape index (κ1) is 34.2. The highest BCUT2D eigenvalue weighted by molar-refractivity contribution is 5.69. The van der Waals surface area contributed by atoms with Crippen LogP contribution in [-0.4, -0.2) is 38.1 Å². The van der Waals surface area contributed by atoms with Crippen LogP contribution < -0.4 is 0 Å². The Kier molecular flexibility index (Phi) is 27.1. The standard InChI is InChI=1S/C32H63NO2/c1-5-7-8-24-27-31(30-33(3)4)28-25-22-20-18-16-14-12-10-9-11-13-15-17-19-21-23-26-29-32(34)35-6-2/h11,13,31H,5-10,12,14-30H2,1-4H3/b13-11-. The second-order valence-corrected chi connectivity index (χ2v) is 11.0. The minimum absolute atomic E-state index is 0.0388. The van der Waals surface area contributed by atoms with Gasteiger partial charge in [-0.05, 0) is 71.9 Å². The minimum Gasteiger partial charge on any atom is -0.466 e. The molecule has 1 unspecified atom stereocenters. The van der Waals surface area contributed by atoms with Crippen molar-refractivity contribution in [1.29, 1.82) is 0 Å².